The minimum absolute atomic E-state index is 0.0267. The number of halogens is 1. The van der Waals surface area contributed by atoms with Crippen molar-refractivity contribution in [3.05, 3.63) is 29.3 Å². The van der Waals surface area contributed by atoms with E-state index < -0.39 is 0 Å². The van der Waals surface area contributed by atoms with Gasteiger partial charge in [-0.05, 0) is 38.8 Å². The lowest BCUT2D eigenvalue weighted by molar-refractivity contribution is -0.130. The van der Waals surface area contributed by atoms with Crippen molar-refractivity contribution in [2.24, 2.45) is 0 Å². The molecule has 0 aliphatic carbocycles. The minimum atomic E-state index is -0.255. The number of hydrogen-bond acceptors (Lipinski definition) is 2. The first-order valence-corrected chi connectivity index (χ1v) is 7.69. The number of rotatable bonds is 6. The van der Waals surface area contributed by atoms with Crippen LogP contribution in [-0.4, -0.2) is 42.2 Å². The topological polar surface area (TPSA) is 40.6 Å². The van der Waals surface area contributed by atoms with Gasteiger partial charge >= 0.3 is 0 Å². The Balaban J connectivity index is 3.13. The van der Waals surface area contributed by atoms with Crippen LogP contribution < -0.4 is 4.90 Å². The van der Waals surface area contributed by atoms with Crippen LogP contribution >= 0.6 is 11.6 Å². The lowest BCUT2D eigenvalue weighted by Gasteiger charge is -2.28. The predicted molar refractivity (Wildman–Crippen MR) is 86.9 cm³/mol. The Morgan fingerprint density at radius 2 is 1.57 bits per heavy atom. The summed E-state index contributed by atoms with van der Waals surface area (Å²) in [5, 5.41) is 0. The molecule has 5 heteroatoms. The Kier molecular flexibility index (Phi) is 6.69. The van der Waals surface area contributed by atoms with E-state index >= 15 is 0 Å². The molecule has 0 fully saturated rings. The van der Waals surface area contributed by atoms with E-state index in [4.69, 9.17) is 11.6 Å². The van der Waals surface area contributed by atoms with Gasteiger partial charge in [-0.3, -0.25) is 9.59 Å². The van der Waals surface area contributed by atoms with Gasteiger partial charge in [0.25, 0.3) is 0 Å². The first kappa shape index (κ1) is 17.5. The third-order valence-corrected chi connectivity index (χ3v) is 3.76. The summed E-state index contributed by atoms with van der Waals surface area (Å²) in [7, 11) is 0. The Labute approximate surface area is 131 Å². The van der Waals surface area contributed by atoms with E-state index in [1.165, 1.54) is 4.90 Å². The number of alkyl halides is 1. The largest absolute Gasteiger partial charge is 0.342 e. The maximum absolute atomic E-state index is 12.3. The summed E-state index contributed by atoms with van der Waals surface area (Å²) in [5.41, 5.74) is 2.70. The van der Waals surface area contributed by atoms with Gasteiger partial charge in [-0.25, -0.2) is 0 Å². The number of anilines is 1. The monoisotopic (exact) mass is 310 g/mol. The molecule has 1 aromatic carbocycles. The van der Waals surface area contributed by atoms with Crippen LogP contribution in [0.3, 0.4) is 0 Å². The van der Waals surface area contributed by atoms with Gasteiger partial charge in [-0.1, -0.05) is 18.2 Å². The summed E-state index contributed by atoms with van der Waals surface area (Å²) in [5.74, 6) is -0.463. The quantitative estimate of drug-likeness (QED) is 0.758. The molecule has 0 aliphatic rings. The van der Waals surface area contributed by atoms with Crippen molar-refractivity contribution in [2.75, 3.05) is 30.4 Å². The first-order chi connectivity index (χ1) is 9.96. The number of hydrogen-bond donors (Lipinski definition) is 0. The van der Waals surface area contributed by atoms with Gasteiger partial charge in [-0.15, -0.1) is 11.6 Å². The third-order valence-electron chi connectivity index (χ3n) is 3.53. The second-order valence-corrected chi connectivity index (χ2v) is 5.19. The van der Waals surface area contributed by atoms with E-state index in [2.05, 4.69) is 0 Å². The van der Waals surface area contributed by atoms with Crippen molar-refractivity contribution in [3.63, 3.8) is 0 Å². The summed E-state index contributed by atoms with van der Waals surface area (Å²) < 4.78 is 0. The zero-order valence-electron chi connectivity index (χ0n) is 13.1. The number of carbonyl (C=O) groups excluding carboxylic acids is 2. The van der Waals surface area contributed by atoms with Crippen LogP contribution in [0, 0.1) is 13.8 Å². The first-order valence-electron chi connectivity index (χ1n) is 7.16. The average molecular weight is 311 g/mol. The van der Waals surface area contributed by atoms with Gasteiger partial charge in [0.05, 0.1) is 5.69 Å². The Hall–Kier alpha value is -1.55. The van der Waals surface area contributed by atoms with Crippen molar-refractivity contribution in [3.8, 4) is 0 Å². The van der Waals surface area contributed by atoms with E-state index in [9.17, 15) is 9.59 Å². The number of benzene rings is 1. The summed E-state index contributed by atoms with van der Waals surface area (Å²) in [6, 6.07) is 5.79. The highest BCUT2D eigenvalue weighted by atomic mass is 35.5. The van der Waals surface area contributed by atoms with Crippen LogP contribution in [0.15, 0.2) is 18.2 Å². The van der Waals surface area contributed by atoms with E-state index in [-0.39, 0.29) is 24.2 Å². The number of aryl methyl sites for hydroxylation is 2. The SMILES string of the molecule is CCN(CC)C(=O)CN(C(=O)CCl)c1c(C)cccc1C. The molecule has 0 aromatic heterocycles. The fraction of sp³-hybridized carbons (Fsp3) is 0.500. The molecule has 0 N–H and O–H groups in total. The molecule has 2 amide bonds. The Bertz CT molecular complexity index is 493. The summed E-state index contributed by atoms with van der Waals surface area (Å²) in [4.78, 5) is 27.7. The van der Waals surface area contributed by atoms with Crippen molar-refractivity contribution >= 4 is 29.1 Å². The van der Waals surface area contributed by atoms with Crippen LogP contribution in [-0.2, 0) is 9.59 Å². The van der Waals surface area contributed by atoms with E-state index in [0.717, 1.165) is 16.8 Å². The number of para-hydroxylation sites is 1. The molecule has 1 rings (SSSR count). The lowest BCUT2D eigenvalue weighted by atomic mass is 10.1. The number of amides is 2. The maximum atomic E-state index is 12.3. The molecular formula is C16H23ClN2O2. The maximum Gasteiger partial charge on any atom is 0.242 e. The zero-order valence-corrected chi connectivity index (χ0v) is 13.9. The fourth-order valence-corrected chi connectivity index (χ4v) is 2.55. The van der Waals surface area contributed by atoms with E-state index in [1.54, 1.807) is 4.90 Å². The van der Waals surface area contributed by atoms with Crippen LogP contribution in [0.2, 0.25) is 0 Å². The molecule has 0 atom stereocenters. The number of nitrogens with zero attached hydrogens (tertiary/aromatic N) is 2. The van der Waals surface area contributed by atoms with Crippen molar-refractivity contribution in [1.29, 1.82) is 0 Å². The highest BCUT2D eigenvalue weighted by Crippen LogP contribution is 2.25. The standard InChI is InChI=1S/C16H23ClN2O2/c1-5-18(6-2)15(21)11-19(14(20)10-17)16-12(3)8-7-9-13(16)4/h7-9H,5-6,10-11H2,1-4H3. The molecule has 4 nitrogen and oxygen atoms in total. The van der Waals surface area contributed by atoms with Gasteiger partial charge in [0.2, 0.25) is 11.8 Å². The van der Waals surface area contributed by atoms with Gasteiger partial charge in [0, 0.05) is 13.1 Å². The molecule has 0 heterocycles. The molecule has 0 aliphatic heterocycles. The highest BCUT2D eigenvalue weighted by Gasteiger charge is 2.23. The third kappa shape index (κ3) is 4.21. The second-order valence-electron chi connectivity index (χ2n) is 4.92. The van der Waals surface area contributed by atoms with Crippen LogP contribution in [0.5, 0.6) is 0 Å². The average Bonchev–Trinajstić information content (AvgIpc) is 2.46. The molecule has 0 saturated heterocycles. The fourth-order valence-electron chi connectivity index (χ4n) is 2.41. The molecule has 1 aromatic rings. The molecule has 21 heavy (non-hydrogen) atoms. The lowest BCUT2D eigenvalue weighted by Crippen LogP contribution is -2.44. The molecule has 0 radical (unpaired) electrons. The molecule has 0 saturated carbocycles. The minimum Gasteiger partial charge on any atom is -0.342 e. The van der Waals surface area contributed by atoms with Crippen LogP contribution in [0.4, 0.5) is 5.69 Å². The summed E-state index contributed by atoms with van der Waals surface area (Å²) >= 11 is 5.72. The molecular weight excluding hydrogens is 288 g/mol. The van der Waals surface area contributed by atoms with Gasteiger partial charge in [0.15, 0.2) is 0 Å². The van der Waals surface area contributed by atoms with E-state index in [0.29, 0.717) is 13.1 Å². The highest BCUT2D eigenvalue weighted by molar-refractivity contribution is 6.29. The van der Waals surface area contributed by atoms with Gasteiger partial charge < -0.3 is 9.80 Å². The molecule has 0 bridgehead atoms. The number of carbonyl (C=O) groups is 2. The van der Waals surface area contributed by atoms with Crippen LogP contribution in [0.1, 0.15) is 25.0 Å². The smallest absolute Gasteiger partial charge is 0.242 e. The zero-order chi connectivity index (χ0) is 16.0. The van der Waals surface area contributed by atoms with Crippen LogP contribution in [0.25, 0.3) is 0 Å². The summed E-state index contributed by atoms with van der Waals surface area (Å²) in [6.07, 6.45) is 0. The molecule has 116 valence electrons. The predicted octanol–water partition coefficient (Wildman–Crippen LogP) is 2.74. The number of likely N-dealkylation sites (N-methyl/N-ethyl adjacent to an activating group) is 1. The van der Waals surface area contributed by atoms with Crippen molar-refractivity contribution < 1.29 is 9.59 Å². The van der Waals surface area contributed by atoms with Crippen molar-refractivity contribution in [2.45, 2.75) is 27.7 Å². The summed E-state index contributed by atoms with van der Waals surface area (Å²) in [6.45, 7) is 8.99. The van der Waals surface area contributed by atoms with Crippen molar-refractivity contribution in [1.82, 2.24) is 4.90 Å². The van der Waals surface area contributed by atoms with Gasteiger partial charge in [-0.2, -0.15) is 0 Å². The molecule has 0 spiro atoms. The Morgan fingerprint density at radius 3 is 2.00 bits per heavy atom. The van der Waals surface area contributed by atoms with E-state index in [1.807, 2.05) is 45.9 Å². The van der Waals surface area contributed by atoms with Gasteiger partial charge in [0.1, 0.15) is 12.4 Å². The normalized spacial score (nSPS) is 10.3. The molecule has 0 unspecified atom stereocenters. The Morgan fingerprint density at radius 1 is 1.05 bits per heavy atom. The second kappa shape index (κ2) is 8.03.